The molecule has 0 fully saturated rings. The number of aromatic nitrogens is 3. The number of thiophene rings is 1. The third-order valence-electron chi connectivity index (χ3n) is 5.10. The van der Waals surface area contributed by atoms with Gasteiger partial charge in [-0.2, -0.15) is 5.10 Å². The van der Waals surface area contributed by atoms with E-state index in [1.54, 1.807) is 24.0 Å². The van der Waals surface area contributed by atoms with Gasteiger partial charge in [0.2, 0.25) is 0 Å². The zero-order valence-corrected chi connectivity index (χ0v) is 16.1. The van der Waals surface area contributed by atoms with Crippen LogP contribution in [0.1, 0.15) is 5.56 Å². The maximum absolute atomic E-state index is 10.6. The molecule has 1 N–H and O–H groups in total. The minimum atomic E-state index is 0.209. The Morgan fingerprint density at radius 1 is 1.18 bits per heavy atom. The third-order valence-corrected chi connectivity index (χ3v) is 6.06. The van der Waals surface area contributed by atoms with E-state index >= 15 is 0 Å². The third kappa shape index (κ3) is 3.23. The van der Waals surface area contributed by atoms with Gasteiger partial charge in [-0.05, 0) is 29.1 Å². The lowest BCUT2D eigenvalue weighted by molar-refractivity contribution is 0.215. The second-order valence-corrected chi connectivity index (χ2v) is 7.82. The Kier molecular flexibility index (Phi) is 4.46. The van der Waals surface area contributed by atoms with Crippen LogP contribution in [-0.4, -0.2) is 44.5 Å². The van der Waals surface area contributed by atoms with Crippen molar-refractivity contribution in [2.45, 2.75) is 13.1 Å². The summed E-state index contributed by atoms with van der Waals surface area (Å²) < 4.78 is 8.96. The van der Waals surface area contributed by atoms with Gasteiger partial charge in [0.25, 0.3) is 0 Å². The maximum atomic E-state index is 10.6. The van der Waals surface area contributed by atoms with E-state index < -0.39 is 0 Å². The Balaban J connectivity index is 1.46. The molecular weight excluding hydrogens is 372 g/mol. The first kappa shape index (κ1) is 17.2. The largest absolute Gasteiger partial charge is 0.504 e. The lowest BCUT2D eigenvalue weighted by Crippen LogP contribution is -2.29. The van der Waals surface area contributed by atoms with Crippen LogP contribution in [0.15, 0.2) is 54.4 Å². The standard InChI is InChI=1S/C21H20N4O2S/c26-19-10-15(18-12-28-20-4-2-1-3-17(18)20)9-16-11-24(7-8-27-21(16)19)5-6-25-14-22-13-23-25/h1-4,9-10,12-14,26H,5-8,11H2. The molecule has 5 rings (SSSR count). The molecule has 0 amide bonds. The molecule has 2 aromatic heterocycles. The molecule has 0 atom stereocenters. The van der Waals surface area contributed by atoms with Gasteiger partial charge in [-0.1, -0.05) is 18.2 Å². The number of hydrogen-bond donors (Lipinski definition) is 1. The first-order valence-electron chi connectivity index (χ1n) is 9.28. The van der Waals surface area contributed by atoms with Crippen LogP contribution in [-0.2, 0) is 13.1 Å². The molecule has 0 saturated carbocycles. The number of aromatic hydroxyl groups is 1. The van der Waals surface area contributed by atoms with Crippen LogP contribution in [0.25, 0.3) is 21.2 Å². The van der Waals surface area contributed by atoms with Crippen molar-refractivity contribution in [3.8, 4) is 22.6 Å². The number of ether oxygens (including phenoxy) is 1. The smallest absolute Gasteiger partial charge is 0.165 e. The van der Waals surface area contributed by atoms with Gasteiger partial charge in [0.05, 0.1) is 6.54 Å². The number of phenols is 1. The summed E-state index contributed by atoms with van der Waals surface area (Å²) in [6, 6.07) is 12.3. The second kappa shape index (κ2) is 7.26. The molecule has 0 aliphatic carbocycles. The van der Waals surface area contributed by atoms with Gasteiger partial charge in [0.1, 0.15) is 19.3 Å². The van der Waals surface area contributed by atoms with Gasteiger partial charge < -0.3 is 9.84 Å². The van der Waals surface area contributed by atoms with E-state index in [1.807, 2.05) is 10.7 Å². The predicted molar refractivity (Wildman–Crippen MR) is 110 cm³/mol. The molecule has 142 valence electrons. The monoisotopic (exact) mass is 392 g/mol. The normalized spacial score (nSPS) is 14.6. The first-order valence-corrected chi connectivity index (χ1v) is 10.2. The summed E-state index contributed by atoms with van der Waals surface area (Å²) >= 11 is 1.72. The van der Waals surface area contributed by atoms with Gasteiger partial charge in [0, 0.05) is 40.8 Å². The van der Waals surface area contributed by atoms with Crippen LogP contribution in [0, 0.1) is 0 Å². The quantitative estimate of drug-likeness (QED) is 0.573. The lowest BCUT2D eigenvalue weighted by Gasteiger charge is -2.19. The van der Waals surface area contributed by atoms with Crippen LogP contribution in [0.2, 0.25) is 0 Å². The highest BCUT2D eigenvalue weighted by atomic mass is 32.1. The molecule has 0 radical (unpaired) electrons. The van der Waals surface area contributed by atoms with E-state index in [0.29, 0.717) is 12.4 Å². The Morgan fingerprint density at radius 3 is 3.00 bits per heavy atom. The predicted octanol–water partition coefficient (Wildman–Crippen LogP) is 3.76. The Morgan fingerprint density at radius 2 is 2.11 bits per heavy atom. The highest BCUT2D eigenvalue weighted by Crippen LogP contribution is 2.41. The van der Waals surface area contributed by atoms with Crippen LogP contribution < -0.4 is 4.74 Å². The van der Waals surface area contributed by atoms with Gasteiger partial charge in [0.15, 0.2) is 11.5 Å². The number of fused-ring (bicyclic) bond motifs is 2. The van der Waals surface area contributed by atoms with Crippen molar-refractivity contribution in [1.82, 2.24) is 19.7 Å². The van der Waals surface area contributed by atoms with Crippen LogP contribution in [0.5, 0.6) is 11.5 Å². The lowest BCUT2D eigenvalue weighted by atomic mass is 10.0. The van der Waals surface area contributed by atoms with Crippen molar-refractivity contribution in [2.75, 3.05) is 19.7 Å². The number of rotatable bonds is 4. The Bertz CT molecular complexity index is 1110. The summed E-state index contributed by atoms with van der Waals surface area (Å²) in [7, 11) is 0. The van der Waals surface area contributed by atoms with Crippen LogP contribution in [0.3, 0.4) is 0 Å². The molecule has 1 aliphatic heterocycles. The topological polar surface area (TPSA) is 63.4 Å². The second-order valence-electron chi connectivity index (χ2n) is 6.91. The summed E-state index contributed by atoms with van der Waals surface area (Å²) in [5, 5.41) is 18.2. The van der Waals surface area contributed by atoms with Crippen LogP contribution in [0.4, 0.5) is 0 Å². The minimum absolute atomic E-state index is 0.209. The van der Waals surface area contributed by atoms with E-state index in [-0.39, 0.29) is 5.75 Å². The first-order chi connectivity index (χ1) is 13.8. The van der Waals surface area contributed by atoms with Crippen molar-refractivity contribution in [1.29, 1.82) is 0 Å². The summed E-state index contributed by atoms with van der Waals surface area (Å²) in [5.41, 5.74) is 3.19. The summed E-state index contributed by atoms with van der Waals surface area (Å²) in [6.45, 7) is 3.71. The molecule has 1 aliphatic rings. The van der Waals surface area contributed by atoms with Crippen molar-refractivity contribution in [3.63, 3.8) is 0 Å². The highest BCUT2D eigenvalue weighted by molar-refractivity contribution is 7.17. The zero-order valence-electron chi connectivity index (χ0n) is 15.3. The Labute approximate surface area is 166 Å². The number of phenolic OH excluding ortho intramolecular Hbond substituents is 1. The average molecular weight is 392 g/mol. The van der Waals surface area contributed by atoms with Crippen molar-refractivity contribution in [2.24, 2.45) is 0 Å². The average Bonchev–Trinajstić information content (AvgIpc) is 3.32. The van der Waals surface area contributed by atoms with Crippen molar-refractivity contribution < 1.29 is 9.84 Å². The summed E-state index contributed by atoms with van der Waals surface area (Å²) in [4.78, 5) is 6.32. The maximum Gasteiger partial charge on any atom is 0.165 e. The molecule has 2 aromatic carbocycles. The molecular formula is C21H20N4O2S. The highest BCUT2D eigenvalue weighted by Gasteiger charge is 2.20. The fourth-order valence-electron chi connectivity index (χ4n) is 3.69. The van der Waals surface area contributed by atoms with Gasteiger partial charge in [-0.25, -0.2) is 4.98 Å². The number of benzene rings is 2. The molecule has 3 heterocycles. The van der Waals surface area contributed by atoms with Gasteiger partial charge in [-0.15, -0.1) is 11.3 Å². The molecule has 7 heteroatoms. The molecule has 0 unspecified atom stereocenters. The molecule has 28 heavy (non-hydrogen) atoms. The summed E-state index contributed by atoms with van der Waals surface area (Å²) in [6.07, 6.45) is 3.28. The van der Waals surface area contributed by atoms with Crippen molar-refractivity contribution >= 4 is 21.4 Å². The van der Waals surface area contributed by atoms with E-state index in [1.165, 1.54) is 10.1 Å². The fraction of sp³-hybridized carbons (Fsp3) is 0.238. The zero-order chi connectivity index (χ0) is 18.9. The molecule has 0 saturated heterocycles. The molecule has 0 spiro atoms. The van der Waals surface area contributed by atoms with Crippen LogP contribution >= 0.6 is 11.3 Å². The minimum Gasteiger partial charge on any atom is -0.504 e. The number of nitrogens with zero attached hydrogens (tertiary/aromatic N) is 4. The Hall–Kier alpha value is -2.90. The molecule has 0 bridgehead atoms. The van der Waals surface area contributed by atoms with E-state index in [4.69, 9.17) is 4.74 Å². The van der Waals surface area contributed by atoms with Gasteiger partial charge >= 0.3 is 0 Å². The van der Waals surface area contributed by atoms with E-state index in [9.17, 15) is 5.11 Å². The SMILES string of the molecule is Oc1cc(-c2csc3ccccc23)cc2c1OCCN(CCn1cncn1)C2. The van der Waals surface area contributed by atoms with Gasteiger partial charge in [-0.3, -0.25) is 9.58 Å². The fourth-order valence-corrected chi connectivity index (χ4v) is 4.66. The van der Waals surface area contributed by atoms with E-state index in [2.05, 4.69) is 50.7 Å². The molecule has 6 nitrogen and oxygen atoms in total. The number of hydrogen-bond acceptors (Lipinski definition) is 6. The van der Waals surface area contributed by atoms with E-state index in [0.717, 1.165) is 42.9 Å². The summed E-state index contributed by atoms with van der Waals surface area (Å²) in [5.74, 6) is 0.812. The molecule has 4 aromatic rings. The van der Waals surface area contributed by atoms with Crippen molar-refractivity contribution in [3.05, 3.63) is 60.0 Å².